The van der Waals surface area contributed by atoms with E-state index >= 15 is 0 Å². The molecule has 3 nitrogen and oxygen atoms in total. The first-order chi connectivity index (χ1) is 2.77. The molecule has 0 aromatic carbocycles. The average molecular weight is 107 g/mol. The second-order valence-electron chi connectivity index (χ2n) is 0.624. The molecule has 6 heavy (non-hydrogen) atoms. The molecule has 0 aromatic heterocycles. The van der Waals surface area contributed by atoms with Crippen molar-refractivity contribution < 1.29 is 4.20 Å². The van der Waals surface area contributed by atoms with Crippen molar-refractivity contribution in [2.24, 2.45) is 4.88 Å². The van der Waals surface area contributed by atoms with E-state index in [0.717, 1.165) is 0 Å². The maximum atomic E-state index is 11.3. The van der Waals surface area contributed by atoms with E-state index < -0.39 is 8.38 Å². The van der Waals surface area contributed by atoms with Crippen molar-refractivity contribution in [2.75, 3.05) is 6.66 Å². The van der Waals surface area contributed by atoms with E-state index in [0.29, 0.717) is 0 Å². The molecule has 0 aliphatic carbocycles. The first-order valence-electron chi connectivity index (χ1n) is 1.22. The predicted octanol–water partition coefficient (Wildman–Crippen LogP) is 2.21. The zero-order chi connectivity index (χ0) is 4.99. The summed E-state index contributed by atoms with van der Waals surface area (Å²) in [6.45, 7) is 1.23. The fraction of sp³-hybridized carbons (Fsp3) is 1.00. The zero-order valence-corrected chi connectivity index (χ0v) is 4.06. The topological polar surface area (TPSA) is 48.8 Å². The molecule has 0 amide bonds. The molecular formula is CH3FN3P. The minimum absolute atomic E-state index is 1.23. The lowest BCUT2D eigenvalue weighted by Crippen LogP contribution is -1.38. The lowest BCUT2D eigenvalue weighted by molar-refractivity contribution is 0.897. The third kappa shape index (κ3) is 3.67. The number of hydrogen-bond donors (Lipinski definition) is 0. The van der Waals surface area contributed by atoms with Crippen molar-refractivity contribution in [2.45, 2.75) is 0 Å². The fourth-order valence-corrected chi connectivity index (χ4v) is 0.165. The molecule has 1 atom stereocenters. The van der Waals surface area contributed by atoms with Crippen LogP contribution in [0.3, 0.4) is 0 Å². The van der Waals surface area contributed by atoms with Crippen LogP contribution in [0.2, 0.25) is 0 Å². The van der Waals surface area contributed by atoms with Crippen LogP contribution in [0.1, 0.15) is 0 Å². The minimum Gasteiger partial charge on any atom is -0.220 e. The Morgan fingerprint density at radius 3 is 2.50 bits per heavy atom. The summed E-state index contributed by atoms with van der Waals surface area (Å²) in [5.74, 6) is 0. The van der Waals surface area contributed by atoms with Gasteiger partial charge in [-0.25, -0.2) is 4.20 Å². The van der Waals surface area contributed by atoms with Crippen LogP contribution in [-0.4, -0.2) is 6.66 Å². The van der Waals surface area contributed by atoms with Gasteiger partial charge in [-0.2, -0.15) is 0 Å². The molecule has 0 aliphatic heterocycles. The van der Waals surface area contributed by atoms with Gasteiger partial charge in [-0.1, -0.05) is 0 Å². The van der Waals surface area contributed by atoms with Gasteiger partial charge < -0.3 is 0 Å². The third-order valence-corrected chi connectivity index (χ3v) is 0.490. The Labute approximate surface area is 35.7 Å². The van der Waals surface area contributed by atoms with Crippen LogP contribution in [0.5, 0.6) is 0 Å². The lowest BCUT2D eigenvalue weighted by Gasteiger charge is -1.76. The highest BCUT2D eigenvalue weighted by Gasteiger charge is 1.84. The average Bonchev–Trinajstić information content (AvgIpc) is 1.35. The highest BCUT2D eigenvalue weighted by atomic mass is 31.2. The highest BCUT2D eigenvalue weighted by molar-refractivity contribution is 7.49. The molecule has 0 aromatic rings. The molecule has 0 spiro atoms. The van der Waals surface area contributed by atoms with Gasteiger partial charge in [-0.15, -0.1) is 0 Å². The Balaban J connectivity index is 3.29. The van der Waals surface area contributed by atoms with Crippen LogP contribution in [-0.2, 0) is 0 Å². The zero-order valence-electron chi connectivity index (χ0n) is 3.17. The number of azide groups is 1. The summed E-state index contributed by atoms with van der Waals surface area (Å²) in [7, 11) is -1.89. The maximum Gasteiger partial charge on any atom is 0.170 e. The van der Waals surface area contributed by atoms with Gasteiger partial charge in [0.1, 0.15) is 0 Å². The number of nitrogens with zero attached hydrogens (tertiary/aromatic N) is 3. The molecule has 0 saturated heterocycles. The molecule has 0 fully saturated rings. The van der Waals surface area contributed by atoms with Crippen molar-refractivity contribution in [1.29, 1.82) is 0 Å². The molecule has 1 unspecified atom stereocenters. The van der Waals surface area contributed by atoms with Crippen molar-refractivity contribution in [3.05, 3.63) is 10.4 Å². The molecule has 0 radical (unpaired) electrons. The van der Waals surface area contributed by atoms with E-state index in [9.17, 15) is 4.20 Å². The standard InChI is InChI=1S/CH3FN3P/c1-6(2)5-4-3/h1H3. The quantitative estimate of drug-likeness (QED) is 0.213. The monoisotopic (exact) mass is 107 g/mol. The van der Waals surface area contributed by atoms with E-state index in [1.165, 1.54) is 6.66 Å². The molecule has 0 heterocycles. The molecular weight excluding hydrogens is 104 g/mol. The summed E-state index contributed by atoms with van der Waals surface area (Å²) < 4.78 is 11.3. The summed E-state index contributed by atoms with van der Waals surface area (Å²) in [5.41, 5.74) is 7.47. The molecule has 0 bridgehead atoms. The largest absolute Gasteiger partial charge is 0.220 e. The summed E-state index contributed by atoms with van der Waals surface area (Å²) >= 11 is 0. The molecule has 0 aliphatic rings. The van der Waals surface area contributed by atoms with Crippen LogP contribution in [0.4, 0.5) is 4.20 Å². The van der Waals surface area contributed by atoms with Crippen molar-refractivity contribution in [3.8, 4) is 0 Å². The van der Waals surface area contributed by atoms with Gasteiger partial charge in [0.25, 0.3) is 0 Å². The predicted molar refractivity (Wildman–Crippen MR) is 23.1 cm³/mol. The van der Waals surface area contributed by atoms with E-state index in [4.69, 9.17) is 5.53 Å². The van der Waals surface area contributed by atoms with E-state index in [2.05, 4.69) is 9.80 Å². The van der Waals surface area contributed by atoms with Gasteiger partial charge in [-0.05, 0) is 17.1 Å². The van der Waals surface area contributed by atoms with E-state index in [1.54, 1.807) is 0 Å². The molecule has 0 N–H and O–H groups in total. The summed E-state index contributed by atoms with van der Waals surface area (Å²) in [6.07, 6.45) is 0. The minimum atomic E-state index is -1.89. The second kappa shape index (κ2) is 2.88. The summed E-state index contributed by atoms with van der Waals surface area (Å²) in [6, 6.07) is 0. The van der Waals surface area contributed by atoms with Gasteiger partial charge in [0.05, 0.1) is 0 Å². The van der Waals surface area contributed by atoms with Crippen molar-refractivity contribution in [1.82, 2.24) is 0 Å². The fourth-order valence-electron chi connectivity index (χ4n) is 0.0551. The summed E-state index contributed by atoms with van der Waals surface area (Å²) in [4.78, 5) is 4.92. The van der Waals surface area contributed by atoms with Gasteiger partial charge in [0.15, 0.2) is 8.38 Å². The van der Waals surface area contributed by atoms with Crippen LogP contribution < -0.4 is 0 Å². The van der Waals surface area contributed by atoms with Crippen LogP contribution in [0.25, 0.3) is 10.4 Å². The van der Waals surface area contributed by atoms with Crippen LogP contribution in [0, 0.1) is 0 Å². The Morgan fingerprint density at radius 1 is 2.00 bits per heavy atom. The Morgan fingerprint density at radius 2 is 2.50 bits per heavy atom. The number of halogens is 1. The third-order valence-electron chi connectivity index (χ3n) is 0.163. The molecule has 34 valence electrons. The van der Waals surface area contributed by atoms with Gasteiger partial charge in [0, 0.05) is 4.91 Å². The van der Waals surface area contributed by atoms with Gasteiger partial charge in [0.2, 0.25) is 0 Å². The van der Waals surface area contributed by atoms with Crippen LogP contribution in [0.15, 0.2) is 4.88 Å². The van der Waals surface area contributed by atoms with Crippen molar-refractivity contribution >= 4 is 8.38 Å². The second-order valence-corrected chi connectivity index (χ2v) is 1.69. The lowest BCUT2D eigenvalue weighted by atomic mass is 12.0. The normalized spacial score (nSPS) is 12.3. The highest BCUT2D eigenvalue weighted by Crippen LogP contribution is 2.32. The van der Waals surface area contributed by atoms with Crippen LogP contribution >= 0.6 is 8.38 Å². The van der Waals surface area contributed by atoms with Crippen molar-refractivity contribution in [3.63, 3.8) is 0 Å². The van der Waals surface area contributed by atoms with E-state index in [-0.39, 0.29) is 0 Å². The van der Waals surface area contributed by atoms with Gasteiger partial charge in [-0.3, -0.25) is 0 Å². The molecule has 5 heteroatoms. The molecule has 0 rings (SSSR count). The molecule has 0 saturated carbocycles. The first-order valence-corrected chi connectivity index (χ1v) is 2.85. The Bertz CT molecular complexity index is 74.9. The first kappa shape index (κ1) is 5.67. The Hall–Kier alpha value is -0.330. The summed E-state index contributed by atoms with van der Waals surface area (Å²) in [5, 5.41) is 0. The van der Waals surface area contributed by atoms with Gasteiger partial charge >= 0.3 is 0 Å². The van der Waals surface area contributed by atoms with E-state index in [1.807, 2.05) is 0 Å². The Kier molecular flexibility index (Phi) is 2.73. The number of hydrogen-bond acceptors (Lipinski definition) is 1. The smallest absolute Gasteiger partial charge is 0.170 e. The number of rotatable bonds is 1. The maximum absolute atomic E-state index is 11.3. The SMILES string of the molecule is CP(F)N=[N+]=[N-].